The van der Waals surface area contributed by atoms with Gasteiger partial charge < -0.3 is 19.7 Å². The van der Waals surface area contributed by atoms with E-state index >= 15 is 0 Å². The van der Waals surface area contributed by atoms with Crippen LogP contribution in [0.5, 0.6) is 0 Å². The summed E-state index contributed by atoms with van der Waals surface area (Å²) in [5.74, 6) is 2.76. The van der Waals surface area contributed by atoms with Crippen LogP contribution < -0.4 is 5.32 Å². The fraction of sp³-hybridized carbons (Fsp3) is 0.818. The van der Waals surface area contributed by atoms with Crippen molar-refractivity contribution in [2.45, 2.75) is 76.3 Å². The zero-order chi connectivity index (χ0) is 18.9. The van der Waals surface area contributed by atoms with E-state index in [1.54, 1.807) is 0 Å². The van der Waals surface area contributed by atoms with Crippen molar-refractivity contribution in [3.05, 3.63) is 17.7 Å². The van der Waals surface area contributed by atoms with Crippen LogP contribution in [-0.4, -0.2) is 64.1 Å². The van der Waals surface area contributed by atoms with Gasteiger partial charge in [0.2, 0.25) is 0 Å². The maximum atomic E-state index is 12.7. The van der Waals surface area contributed by atoms with E-state index in [1.165, 1.54) is 50.2 Å². The Labute approximate surface area is 168 Å². The number of aryl methyl sites for hydroxylation is 1. The fourth-order valence-corrected chi connectivity index (χ4v) is 5.32. The molecular weight excluding hydrogens is 350 g/mol. The standard InChI is InChI=1S/C22H35N5O/c28-22(24-19-8-11-25(12-9-19)16-17-4-5-17)26-13-6-18(7-14-26)21-23-15-20-3-1-2-10-27(20)21/h15,17-19H,1-14,16H2,(H,24,28). The molecule has 4 heterocycles. The minimum absolute atomic E-state index is 0.157. The lowest BCUT2D eigenvalue weighted by Gasteiger charge is -2.36. The van der Waals surface area contributed by atoms with Crippen molar-refractivity contribution in [1.29, 1.82) is 0 Å². The van der Waals surface area contributed by atoms with E-state index in [0.29, 0.717) is 12.0 Å². The second-order valence-electron chi connectivity index (χ2n) is 9.45. The number of amides is 2. The lowest BCUT2D eigenvalue weighted by molar-refractivity contribution is 0.159. The Balaban J connectivity index is 1.08. The molecule has 0 aromatic carbocycles. The number of rotatable bonds is 4. The Morgan fingerprint density at radius 3 is 2.54 bits per heavy atom. The quantitative estimate of drug-likeness (QED) is 0.867. The summed E-state index contributed by atoms with van der Waals surface area (Å²) in [6.07, 6.45) is 13.0. The summed E-state index contributed by atoms with van der Waals surface area (Å²) in [5, 5.41) is 3.32. The molecular formula is C22H35N5O. The highest BCUT2D eigenvalue weighted by Crippen LogP contribution is 2.31. The van der Waals surface area contributed by atoms with Gasteiger partial charge in [-0.1, -0.05) is 0 Å². The molecule has 1 N–H and O–H groups in total. The average molecular weight is 386 g/mol. The third kappa shape index (κ3) is 4.07. The van der Waals surface area contributed by atoms with Crippen LogP contribution in [0, 0.1) is 5.92 Å². The minimum atomic E-state index is 0.157. The van der Waals surface area contributed by atoms with Gasteiger partial charge in [0.15, 0.2) is 0 Å². The predicted molar refractivity (Wildman–Crippen MR) is 109 cm³/mol. The summed E-state index contributed by atoms with van der Waals surface area (Å²) < 4.78 is 2.46. The second-order valence-corrected chi connectivity index (χ2v) is 9.45. The van der Waals surface area contributed by atoms with Gasteiger partial charge >= 0.3 is 6.03 Å². The predicted octanol–water partition coefficient (Wildman–Crippen LogP) is 2.98. The maximum Gasteiger partial charge on any atom is 0.317 e. The Kier molecular flexibility index (Phi) is 5.31. The van der Waals surface area contributed by atoms with Gasteiger partial charge in [0, 0.05) is 63.1 Å². The van der Waals surface area contributed by atoms with Crippen LogP contribution in [0.15, 0.2) is 6.20 Å². The average Bonchev–Trinajstić information content (AvgIpc) is 3.45. The topological polar surface area (TPSA) is 53.4 Å². The third-order valence-corrected chi connectivity index (χ3v) is 7.31. The highest BCUT2D eigenvalue weighted by atomic mass is 16.2. The van der Waals surface area contributed by atoms with Gasteiger partial charge in [-0.05, 0) is 63.7 Å². The number of fused-ring (bicyclic) bond motifs is 1. The van der Waals surface area contributed by atoms with E-state index < -0.39 is 0 Å². The molecule has 1 aliphatic carbocycles. The number of carbonyl (C=O) groups excluding carboxylic acids is 1. The van der Waals surface area contributed by atoms with E-state index in [0.717, 1.165) is 64.3 Å². The van der Waals surface area contributed by atoms with Crippen LogP contribution in [0.4, 0.5) is 4.79 Å². The van der Waals surface area contributed by atoms with Crippen molar-refractivity contribution in [1.82, 2.24) is 24.7 Å². The number of hydrogen-bond acceptors (Lipinski definition) is 3. The molecule has 0 bridgehead atoms. The van der Waals surface area contributed by atoms with Gasteiger partial charge in [-0.2, -0.15) is 0 Å². The molecule has 0 atom stereocenters. The van der Waals surface area contributed by atoms with Gasteiger partial charge in [-0.25, -0.2) is 9.78 Å². The molecule has 3 aliphatic heterocycles. The summed E-state index contributed by atoms with van der Waals surface area (Å²) in [4.78, 5) is 22.1. The van der Waals surface area contributed by atoms with E-state index in [9.17, 15) is 4.79 Å². The molecule has 154 valence electrons. The molecule has 2 amide bonds. The minimum Gasteiger partial charge on any atom is -0.335 e. The molecule has 4 aliphatic rings. The number of urea groups is 1. The maximum absolute atomic E-state index is 12.7. The number of carbonyl (C=O) groups is 1. The summed E-state index contributed by atoms with van der Waals surface area (Å²) >= 11 is 0. The van der Waals surface area contributed by atoms with Crippen molar-refractivity contribution in [2.24, 2.45) is 5.92 Å². The third-order valence-electron chi connectivity index (χ3n) is 7.31. The zero-order valence-corrected chi connectivity index (χ0v) is 17.1. The van der Waals surface area contributed by atoms with Gasteiger partial charge in [0.1, 0.15) is 5.82 Å². The van der Waals surface area contributed by atoms with E-state index in [-0.39, 0.29) is 6.03 Å². The first kappa shape index (κ1) is 18.5. The van der Waals surface area contributed by atoms with Crippen LogP contribution >= 0.6 is 0 Å². The largest absolute Gasteiger partial charge is 0.335 e. The molecule has 6 heteroatoms. The number of piperidine rings is 2. The molecule has 1 aromatic rings. The van der Waals surface area contributed by atoms with E-state index in [1.807, 2.05) is 4.90 Å². The SMILES string of the molecule is O=C(NC1CCN(CC2CC2)CC1)N1CCC(c2ncc3n2CCCC3)CC1. The Bertz CT molecular complexity index is 681. The number of imidazole rings is 1. The van der Waals surface area contributed by atoms with E-state index in [4.69, 9.17) is 4.98 Å². The van der Waals surface area contributed by atoms with Crippen molar-refractivity contribution < 1.29 is 4.79 Å². The number of hydrogen-bond donors (Lipinski definition) is 1. The van der Waals surface area contributed by atoms with E-state index in [2.05, 4.69) is 21.0 Å². The first-order valence-corrected chi connectivity index (χ1v) is 11.6. The summed E-state index contributed by atoms with van der Waals surface area (Å²) in [6.45, 7) is 6.43. The molecule has 0 unspecified atom stereocenters. The number of likely N-dealkylation sites (tertiary alicyclic amines) is 2. The van der Waals surface area contributed by atoms with Crippen molar-refractivity contribution in [2.75, 3.05) is 32.7 Å². The van der Waals surface area contributed by atoms with Crippen molar-refractivity contribution in [3.63, 3.8) is 0 Å². The normalized spacial score (nSPS) is 24.9. The molecule has 0 spiro atoms. The highest BCUT2D eigenvalue weighted by Gasteiger charge is 2.30. The van der Waals surface area contributed by atoms with Gasteiger partial charge in [0.25, 0.3) is 0 Å². The summed E-state index contributed by atoms with van der Waals surface area (Å²) in [6, 6.07) is 0.518. The number of aromatic nitrogens is 2. The molecule has 5 rings (SSSR count). The first-order valence-electron chi connectivity index (χ1n) is 11.6. The summed E-state index contributed by atoms with van der Waals surface area (Å²) in [5.41, 5.74) is 1.41. The van der Waals surface area contributed by atoms with Gasteiger partial charge in [-0.3, -0.25) is 0 Å². The fourth-order valence-electron chi connectivity index (χ4n) is 5.32. The lowest BCUT2D eigenvalue weighted by Crippen LogP contribution is -2.51. The van der Waals surface area contributed by atoms with Gasteiger partial charge in [-0.15, -0.1) is 0 Å². The number of nitrogens with zero attached hydrogens (tertiary/aromatic N) is 4. The first-order chi connectivity index (χ1) is 13.8. The molecule has 1 aromatic heterocycles. The smallest absolute Gasteiger partial charge is 0.317 e. The highest BCUT2D eigenvalue weighted by molar-refractivity contribution is 5.74. The van der Waals surface area contributed by atoms with Crippen LogP contribution in [0.2, 0.25) is 0 Å². The van der Waals surface area contributed by atoms with Crippen molar-refractivity contribution in [3.8, 4) is 0 Å². The monoisotopic (exact) mass is 385 g/mol. The van der Waals surface area contributed by atoms with Crippen LogP contribution in [-0.2, 0) is 13.0 Å². The van der Waals surface area contributed by atoms with Crippen LogP contribution in [0.1, 0.15) is 68.8 Å². The Morgan fingerprint density at radius 1 is 1.00 bits per heavy atom. The molecule has 3 fully saturated rings. The number of nitrogens with one attached hydrogen (secondary N) is 1. The van der Waals surface area contributed by atoms with Crippen LogP contribution in [0.3, 0.4) is 0 Å². The molecule has 6 nitrogen and oxygen atoms in total. The molecule has 2 saturated heterocycles. The molecule has 0 radical (unpaired) electrons. The zero-order valence-electron chi connectivity index (χ0n) is 17.1. The second kappa shape index (κ2) is 8.05. The van der Waals surface area contributed by atoms with Gasteiger partial charge in [0.05, 0.1) is 0 Å². The Hall–Kier alpha value is -1.56. The van der Waals surface area contributed by atoms with Crippen molar-refractivity contribution >= 4 is 6.03 Å². The molecule has 1 saturated carbocycles. The molecule has 28 heavy (non-hydrogen) atoms. The lowest BCUT2D eigenvalue weighted by atomic mass is 9.95. The summed E-state index contributed by atoms with van der Waals surface area (Å²) in [7, 11) is 0. The van der Waals surface area contributed by atoms with Crippen LogP contribution in [0.25, 0.3) is 0 Å². The Morgan fingerprint density at radius 2 is 1.79 bits per heavy atom.